The molecule has 3 rings (SSSR count). The Bertz CT molecular complexity index is 984. The zero-order valence-electron chi connectivity index (χ0n) is 15.9. The summed E-state index contributed by atoms with van der Waals surface area (Å²) in [5.74, 6) is -0.0149. The molecule has 0 saturated heterocycles. The quantitative estimate of drug-likeness (QED) is 0.309. The van der Waals surface area contributed by atoms with Gasteiger partial charge >= 0.3 is 0 Å². The lowest BCUT2D eigenvalue weighted by molar-refractivity contribution is 0.0979. The number of anilines is 1. The van der Waals surface area contributed by atoms with Crippen LogP contribution < -0.4 is 10.6 Å². The number of guanidine groups is 1. The molecule has 1 amide bonds. The molecule has 1 aromatic carbocycles. The summed E-state index contributed by atoms with van der Waals surface area (Å²) in [6, 6.07) is 7.76. The Morgan fingerprint density at radius 1 is 1.34 bits per heavy atom. The second kappa shape index (κ2) is 9.85. The monoisotopic (exact) mass is 417 g/mol. The van der Waals surface area contributed by atoms with Crippen LogP contribution in [0.25, 0.3) is 11.3 Å². The van der Waals surface area contributed by atoms with Crippen LogP contribution in [0.4, 0.5) is 10.2 Å². The fourth-order valence-corrected chi connectivity index (χ4v) is 2.92. The van der Waals surface area contributed by atoms with E-state index in [0.717, 1.165) is 17.1 Å². The zero-order chi connectivity index (χ0) is 20.6. The smallest absolute Gasteiger partial charge is 0.271 e. The molecule has 11 heteroatoms. The number of hydrogen-bond acceptors (Lipinski definition) is 7. The van der Waals surface area contributed by atoms with Gasteiger partial charge in [-0.05, 0) is 55.2 Å². The first-order valence-corrected chi connectivity index (χ1v) is 9.65. The van der Waals surface area contributed by atoms with Crippen molar-refractivity contribution in [1.29, 1.82) is 0 Å². The van der Waals surface area contributed by atoms with Crippen LogP contribution in [0.15, 0.2) is 35.3 Å². The third kappa shape index (κ3) is 5.65. The Kier molecular flexibility index (Phi) is 6.98. The van der Waals surface area contributed by atoms with Crippen molar-refractivity contribution in [2.24, 2.45) is 4.99 Å². The van der Waals surface area contributed by atoms with Gasteiger partial charge in [0.25, 0.3) is 5.91 Å². The first kappa shape index (κ1) is 20.6. The summed E-state index contributed by atoms with van der Waals surface area (Å²) in [6.45, 7) is 4.95. The number of H-pyrrole nitrogens is 1. The van der Waals surface area contributed by atoms with Crippen molar-refractivity contribution in [3.63, 3.8) is 0 Å². The molecule has 0 bridgehead atoms. The molecule has 9 nitrogen and oxygen atoms in total. The van der Waals surface area contributed by atoms with Crippen molar-refractivity contribution in [3.05, 3.63) is 46.7 Å². The number of aromatic nitrogens is 4. The maximum atomic E-state index is 13.1. The van der Waals surface area contributed by atoms with Crippen LogP contribution >= 0.6 is 11.5 Å². The van der Waals surface area contributed by atoms with Crippen molar-refractivity contribution >= 4 is 29.2 Å². The minimum atomic E-state index is -0.366. The number of nitrogens with zero attached hydrogens (tertiary/aromatic N) is 4. The molecule has 0 unspecified atom stereocenters. The van der Waals surface area contributed by atoms with E-state index in [-0.39, 0.29) is 17.7 Å². The van der Waals surface area contributed by atoms with Gasteiger partial charge in [0.15, 0.2) is 5.82 Å². The van der Waals surface area contributed by atoms with Crippen LogP contribution in [0.1, 0.15) is 22.3 Å². The average molecular weight is 417 g/mol. The van der Waals surface area contributed by atoms with Crippen LogP contribution in [0.2, 0.25) is 0 Å². The summed E-state index contributed by atoms with van der Waals surface area (Å²) in [6.07, 6.45) is 0. The van der Waals surface area contributed by atoms with Gasteiger partial charge in [-0.25, -0.2) is 4.39 Å². The highest BCUT2D eigenvalue weighted by Gasteiger charge is 2.16. The van der Waals surface area contributed by atoms with Crippen molar-refractivity contribution in [2.75, 3.05) is 25.1 Å². The maximum Gasteiger partial charge on any atom is 0.271 e. The highest BCUT2D eigenvalue weighted by Crippen LogP contribution is 2.20. The number of rotatable bonds is 7. The van der Waals surface area contributed by atoms with Crippen molar-refractivity contribution in [1.82, 2.24) is 25.1 Å². The van der Waals surface area contributed by atoms with Gasteiger partial charge in [-0.15, -0.1) is 5.10 Å². The molecular weight excluding hydrogens is 397 g/mol. The molecule has 0 aliphatic carbocycles. The van der Waals surface area contributed by atoms with Gasteiger partial charge in [0, 0.05) is 12.7 Å². The zero-order valence-corrected chi connectivity index (χ0v) is 16.7. The molecular formula is C18H20FN7O2S. The van der Waals surface area contributed by atoms with E-state index in [1.807, 2.05) is 6.92 Å². The van der Waals surface area contributed by atoms with Crippen LogP contribution in [0.5, 0.6) is 0 Å². The number of hydrogen-bond donors (Lipinski definition) is 3. The minimum Gasteiger partial charge on any atom is -0.380 e. The molecule has 0 atom stereocenters. The number of carbonyl (C=O) groups excluding carboxylic acids is 1. The summed E-state index contributed by atoms with van der Waals surface area (Å²) in [5.41, 5.74) is 2.01. The maximum absolute atomic E-state index is 13.1. The second-order valence-corrected chi connectivity index (χ2v) is 6.62. The van der Waals surface area contributed by atoms with Crippen molar-refractivity contribution in [3.8, 4) is 11.3 Å². The van der Waals surface area contributed by atoms with Gasteiger partial charge in [0.2, 0.25) is 5.96 Å². The highest BCUT2D eigenvalue weighted by atomic mass is 32.1. The van der Waals surface area contributed by atoms with Crippen molar-refractivity contribution < 1.29 is 13.9 Å². The van der Waals surface area contributed by atoms with Gasteiger partial charge < -0.3 is 10.1 Å². The van der Waals surface area contributed by atoms with Gasteiger partial charge in [-0.2, -0.15) is 5.10 Å². The molecule has 0 spiro atoms. The summed E-state index contributed by atoms with van der Waals surface area (Å²) in [5, 5.41) is 16.6. The Hall–Kier alpha value is -3.18. The molecule has 0 fully saturated rings. The summed E-state index contributed by atoms with van der Waals surface area (Å²) in [4.78, 5) is 17.2. The molecule has 0 aliphatic rings. The first-order valence-electron chi connectivity index (χ1n) is 8.87. The normalized spacial score (nSPS) is 11.5. The number of carbonyl (C=O) groups is 1. The van der Waals surface area contributed by atoms with Gasteiger partial charge in [0.05, 0.1) is 24.5 Å². The Labute approximate surface area is 170 Å². The van der Waals surface area contributed by atoms with E-state index in [4.69, 9.17) is 4.74 Å². The fraction of sp³-hybridized carbons (Fsp3) is 0.278. The molecule has 29 heavy (non-hydrogen) atoms. The lowest BCUT2D eigenvalue weighted by Crippen LogP contribution is -2.36. The lowest BCUT2D eigenvalue weighted by atomic mass is 10.1. The van der Waals surface area contributed by atoms with Gasteiger partial charge in [-0.3, -0.25) is 20.2 Å². The second-order valence-electron chi connectivity index (χ2n) is 5.87. The van der Waals surface area contributed by atoms with Crippen molar-refractivity contribution in [2.45, 2.75) is 13.8 Å². The fourth-order valence-electron chi connectivity index (χ4n) is 2.37. The molecule has 0 aliphatic heterocycles. The summed E-state index contributed by atoms with van der Waals surface area (Å²) < 4.78 is 22.2. The van der Waals surface area contributed by atoms with E-state index in [1.165, 1.54) is 12.1 Å². The number of ether oxygens (including phenoxy) is 1. The number of aromatic amines is 1. The topological polar surface area (TPSA) is 117 Å². The van der Waals surface area contributed by atoms with Crippen LogP contribution in [-0.2, 0) is 4.74 Å². The number of aliphatic imine (C=N–C) groups is 1. The number of benzene rings is 1. The molecule has 0 radical (unpaired) electrons. The third-order valence-corrected chi connectivity index (χ3v) is 4.61. The Morgan fingerprint density at radius 2 is 2.14 bits per heavy atom. The van der Waals surface area contributed by atoms with Crippen LogP contribution in [0, 0.1) is 12.7 Å². The van der Waals surface area contributed by atoms with E-state index in [9.17, 15) is 9.18 Å². The van der Waals surface area contributed by atoms with Gasteiger partial charge in [-0.1, -0.05) is 4.49 Å². The number of aryl methyl sites for hydroxylation is 1. The molecule has 0 saturated carbocycles. The lowest BCUT2D eigenvalue weighted by Gasteiger charge is -2.09. The van der Waals surface area contributed by atoms with E-state index in [2.05, 4.69) is 35.4 Å². The summed E-state index contributed by atoms with van der Waals surface area (Å²) >= 11 is 1.01. The summed E-state index contributed by atoms with van der Waals surface area (Å²) in [7, 11) is 0. The molecule has 152 valence electrons. The predicted molar refractivity (Wildman–Crippen MR) is 109 cm³/mol. The predicted octanol–water partition coefficient (Wildman–Crippen LogP) is 2.61. The first-order chi connectivity index (χ1) is 14.1. The van der Waals surface area contributed by atoms with E-state index in [0.29, 0.717) is 41.8 Å². The standard InChI is InChI=1S/C18H20FN7O2S/c1-3-28-9-8-20-18(22-17(27)16-11(2)23-26-29-16)21-15-10-14(24-25-15)12-4-6-13(19)7-5-12/h4-7,10H,3,8-9H2,1-2H3,(H3,20,21,22,24,25,27). The van der Waals surface area contributed by atoms with E-state index < -0.39 is 0 Å². The average Bonchev–Trinajstić information content (AvgIpc) is 3.34. The largest absolute Gasteiger partial charge is 0.380 e. The van der Waals surface area contributed by atoms with E-state index >= 15 is 0 Å². The molecule has 2 heterocycles. The van der Waals surface area contributed by atoms with Crippen LogP contribution in [0.3, 0.4) is 0 Å². The van der Waals surface area contributed by atoms with E-state index in [1.54, 1.807) is 25.1 Å². The number of halogens is 1. The minimum absolute atomic E-state index is 0.222. The highest BCUT2D eigenvalue weighted by molar-refractivity contribution is 7.08. The Morgan fingerprint density at radius 3 is 2.83 bits per heavy atom. The SMILES string of the molecule is CCOCCN=C(NC(=O)c1snnc1C)Nc1cc(-c2ccc(F)cc2)[nH]n1. The number of nitrogens with one attached hydrogen (secondary N) is 3. The molecule has 3 N–H and O–H groups in total. The number of amides is 1. The van der Waals surface area contributed by atoms with Crippen LogP contribution in [-0.4, -0.2) is 51.4 Å². The molecule has 2 aromatic heterocycles. The third-order valence-electron chi connectivity index (χ3n) is 3.78. The Balaban J connectivity index is 1.73. The molecule has 3 aromatic rings. The van der Waals surface area contributed by atoms with Gasteiger partial charge in [0.1, 0.15) is 10.7 Å².